The van der Waals surface area contributed by atoms with Crippen LogP contribution in [0, 0.1) is 34.5 Å². The molecule has 0 amide bonds. The van der Waals surface area contributed by atoms with Crippen LogP contribution >= 0.6 is 11.6 Å². The predicted molar refractivity (Wildman–Crippen MR) is 125 cm³/mol. The van der Waals surface area contributed by atoms with Gasteiger partial charge in [0.25, 0.3) is 0 Å². The van der Waals surface area contributed by atoms with Crippen molar-refractivity contribution in [1.29, 1.82) is 0 Å². The molecule has 1 aromatic heterocycles. The van der Waals surface area contributed by atoms with E-state index in [1.165, 1.54) is 12.3 Å². The van der Waals surface area contributed by atoms with E-state index >= 15 is 0 Å². The third kappa shape index (κ3) is 3.00. The Morgan fingerprint density at radius 1 is 1.32 bits per heavy atom. The first-order chi connectivity index (χ1) is 16.1. The van der Waals surface area contributed by atoms with Crippen molar-refractivity contribution in [2.24, 2.45) is 34.5 Å². The molecule has 0 saturated heterocycles. The minimum atomic E-state index is -1.45. The number of fused-ring (bicyclic) bond motifs is 5. The third-order valence-corrected chi connectivity index (χ3v) is 9.79. The first kappa shape index (κ1) is 23.6. The van der Waals surface area contributed by atoms with Crippen molar-refractivity contribution in [3.05, 3.63) is 48.0 Å². The number of aliphatic hydroxyl groups is 1. The van der Waals surface area contributed by atoms with Crippen LogP contribution in [0.2, 0.25) is 0 Å². The number of rotatable bonds is 4. The molecule has 6 nitrogen and oxygen atoms in total. The normalized spacial score (nSPS) is 42.9. The summed E-state index contributed by atoms with van der Waals surface area (Å²) in [5, 5.41) is 11.6. The fraction of sp³-hybridized carbons (Fsp3) is 0.593. The lowest BCUT2D eigenvalue weighted by atomic mass is 9.46. The lowest BCUT2D eigenvalue weighted by Gasteiger charge is -2.60. The molecule has 1 N–H and O–H groups in total. The summed E-state index contributed by atoms with van der Waals surface area (Å²) in [6.07, 6.45) is 8.53. The number of ether oxygens (including phenoxy) is 1. The smallest absolute Gasteiger partial charge is 0.375 e. The van der Waals surface area contributed by atoms with Gasteiger partial charge >= 0.3 is 5.97 Å². The van der Waals surface area contributed by atoms with Gasteiger partial charge in [-0.2, -0.15) is 0 Å². The van der Waals surface area contributed by atoms with Gasteiger partial charge in [0.2, 0.25) is 5.76 Å². The molecular formula is C27H31ClO6. The molecular weight excluding hydrogens is 456 g/mol. The third-order valence-electron chi connectivity index (χ3n) is 9.55. The highest BCUT2D eigenvalue weighted by Crippen LogP contribution is 2.69. The minimum Gasteiger partial charge on any atom is -0.457 e. The van der Waals surface area contributed by atoms with E-state index in [9.17, 15) is 19.5 Å². The van der Waals surface area contributed by atoms with Crippen LogP contribution in [0.4, 0.5) is 0 Å². The summed E-state index contributed by atoms with van der Waals surface area (Å²) in [4.78, 5) is 38.6. The number of carbonyl (C=O) groups excluding carboxylic acids is 3. The summed E-state index contributed by atoms with van der Waals surface area (Å²) in [6.45, 7) is 6.03. The largest absolute Gasteiger partial charge is 0.457 e. The quantitative estimate of drug-likeness (QED) is 0.497. The van der Waals surface area contributed by atoms with E-state index in [4.69, 9.17) is 20.8 Å². The van der Waals surface area contributed by atoms with Crippen molar-refractivity contribution in [3.63, 3.8) is 0 Å². The van der Waals surface area contributed by atoms with Gasteiger partial charge < -0.3 is 14.3 Å². The van der Waals surface area contributed by atoms with Gasteiger partial charge in [-0.1, -0.05) is 32.4 Å². The number of ketones is 2. The van der Waals surface area contributed by atoms with E-state index in [0.717, 1.165) is 18.4 Å². The van der Waals surface area contributed by atoms with Crippen LogP contribution < -0.4 is 0 Å². The Balaban J connectivity index is 1.57. The average Bonchev–Trinajstić information content (AvgIpc) is 3.40. The van der Waals surface area contributed by atoms with E-state index in [1.807, 2.05) is 19.9 Å². The molecule has 4 aliphatic rings. The molecule has 182 valence electrons. The van der Waals surface area contributed by atoms with E-state index in [2.05, 4.69) is 6.92 Å². The second kappa shape index (κ2) is 7.92. The number of furan rings is 1. The van der Waals surface area contributed by atoms with Gasteiger partial charge in [0.1, 0.15) is 0 Å². The zero-order valence-electron chi connectivity index (χ0n) is 19.8. The highest BCUT2D eigenvalue weighted by Gasteiger charge is 2.72. The Hall–Kier alpha value is -2.18. The Morgan fingerprint density at radius 3 is 2.76 bits per heavy atom. The first-order valence-electron chi connectivity index (χ1n) is 12.1. The van der Waals surface area contributed by atoms with Crippen molar-refractivity contribution in [1.82, 2.24) is 0 Å². The van der Waals surface area contributed by atoms with E-state index in [-0.39, 0.29) is 46.9 Å². The van der Waals surface area contributed by atoms with Crippen molar-refractivity contribution in [2.45, 2.75) is 58.2 Å². The van der Waals surface area contributed by atoms with Gasteiger partial charge in [0, 0.05) is 22.7 Å². The van der Waals surface area contributed by atoms with Crippen LogP contribution in [-0.4, -0.2) is 40.2 Å². The Morgan fingerprint density at radius 2 is 2.09 bits per heavy atom. The zero-order valence-corrected chi connectivity index (χ0v) is 20.5. The number of carbonyl (C=O) groups is 3. The number of Topliss-reactive ketones (excluding diaryl/α,β-unsaturated/α-hetero) is 1. The van der Waals surface area contributed by atoms with Gasteiger partial charge in [-0.25, -0.2) is 4.79 Å². The molecule has 1 heterocycles. The molecule has 0 aromatic carbocycles. The number of hydrogen-bond acceptors (Lipinski definition) is 6. The molecule has 3 saturated carbocycles. The summed E-state index contributed by atoms with van der Waals surface area (Å²) >= 11 is 6.11. The summed E-state index contributed by atoms with van der Waals surface area (Å²) in [5.74, 6) is -1.46. The standard InChI is InChI=1S/C27H31ClO6/c1-15-11-19-18-7-6-16-12-17(29)8-9-25(16,2)23(18)20(30)13-26(19,3)27(15,22(31)14-28)34-24(32)21-5-4-10-33-21/h4-5,8-10,12,15,18-20,23,30H,6-7,11,13-14H2,1-3H3/t15-,18+,19+,20+,23-,25+,26+,27+/m1/s1. The summed E-state index contributed by atoms with van der Waals surface area (Å²) < 4.78 is 11.4. The van der Waals surface area contributed by atoms with E-state index in [0.29, 0.717) is 12.8 Å². The number of halogens is 1. The molecule has 1 aromatic rings. The Kier molecular flexibility index (Phi) is 5.49. The minimum absolute atomic E-state index is 0.00730. The van der Waals surface area contributed by atoms with Gasteiger partial charge in [-0.15, -0.1) is 11.6 Å². The molecule has 7 heteroatoms. The second-order valence-corrected chi connectivity index (χ2v) is 11.3. The van der Waals surface area contributed by atoms with Crippen molar-refractivity contribution in [3.8, 4) is 0 Å². The fourth-order valence-electron chi connectivity index (χ4n) is 8.20. The summed E-state index contributed by atoms with van der Waals surface area (Å²) in [7, 11) is 0. The number of aliphatic hydroxyl groups excluding tert-OH is 1. The fourth-order valence-corrected chi connectivity index (χ4v) is 8.40. The molecule has 0 unspecified atom stereocenters. The van der Waals surface area contributed by atoms with Crippen molar-refractivity contribution < 1.29 is 28.6 Å². The van der Waals surface area contributed by atoms with E-state index in [1.54, 1.807) is 18.2 Å². The summed E-state index contributed by atoms with van der Waals surface area (Å²) in [5.41, 5.74) is -1.58. The van der Waals surface area contributed by atoms with Gasteiger partial charge in [-0.3, -0.25) is 9.59 Å². The monoisotopic (exact) mass is 486 g/mol. The Bertz CT molecular complexity index is 1090. The lowest BCUT2D eigenvalue weighted by molar-refractivity contribution is -0.181. The number of allylic oxidation sites excluding steroid dienone is 4. The number of hydrogen-bond donors (Lipinski definition) is 1. The van der Waals surface area contributed by atoms with Crippen LogP contribution in [0.1, 0.15) is 57.0 Å². The van der Waals surface area contributed by atoms with Gasteiger partial charge in [0.15, 0.2) is 17.2 Å². The second-order valence-electron chi connectivity index (χ2n) is 11.0. The molecule has 0 radical (unpaired) electrons. The van der Waals surface area contributed by atoms with Crippen LogP contribution in [0.25, 0.3) is 0 Å². The highest BCUT2D eigenvalue weighted by atomic mass is 35.5. The van der Waals surface area contributed by atoms with E-state index < -0.39 is 28.5 Å². The maximum atomic E-state index is 13.5. The summed E-state index contributed by atoms with van der Waals surface area (Å²) in [6, 6.07) is 3.11. The average molecular weight is 487 g/mol. The van der Waals surface area contributed by atoms with Gasteiger partial charge in [0.05, 0.1) is 18.2 Å². The van der Waals surface area contributed by atoms with Gasteiger partial charge in [-0.05, 0) is 61.8 Å². The maximum absolute atomic E-state index is 13.5. The number of alkyl halides is 1. The molecule has 0 aliphatic heterocycles. The van der Waals surface area contributed by atoms with Crippen LogP contribution in [0.5, 0.6) is 0 Å². The molecule has 8 atom stereocenters. The molecule has 4 aliphatic carbocycles. The number of esters is 1. The molecule has 0 spiro atoms. The lowest BCUT2D eigenvalue weighted by Crippen LogP contribution is -2.64. The molecule has 5 rings (SSSR count). The van der Waals surface area contributed by atoms with Crippen molar-refractivity contribution >= 4 is 29.1 Å². The highest BCUT2D eigenvalue weighted by molar-refractivity contribution is 6.29. The SMILES string of the molecule is C[C@@H]1C[C@H]2[C@@H]3CCC4=CC(=O)C=C[C@]4(C)[C@H]3[C@@H](O)C[C@]2(C)[C@@]1(OC(=O)c1ccco1)C(=O)CCl. The maximum Gasteiger partial charge on any atom is 0.375 e. The molecule has 0 bridgehead atoms. The topological polar surface area (TPSA) is 93.8 Å². The van der Waals surface area contributed by atoms with Crippen molar-refractivity contribution in [2.75, 3.05) is 5.88 Å². The predicted octanol–water partition coefficient (Wildman–Crippen LogP) is 4.51. The van der Waals surface area contributed by atoms with Crippen LogP contribution in [-0.2, 0) is 14.3 Å². The van der Waals surface area contributed by atoms with Crippen LogP contribution in [0.3, 0.4) is 0 Å². The first-order valence-corrected chi connectivity index (χ1v) is 12.6. The molecule has 34 heavy (non-hydrogen) atoms. The van der Waals surface area contributed by atoms with Crippen LogP contribution in [0.15, 0.2) is 46.6 Å². The Labute approximate surface area is 204 Å². The molecule has 3 fully saturated rings. The zero-order chi connectivity index (χ0) is 24.5.